The largest absolute Gasteiger partial charge is 0.354 e. The molecule has 0 bridgehead atoms. The molecule has 1 saturated carbocycles. The molecular formula is C16H28N2O2. The van der Waals surface area contributed by atoms with E-state index >= 15 is 0 Å². The van der Waals surface area contributed by atoms with Crippen LogP contribution in [0.1, 0.15) is 58.8 Å². The fraction of sp³-hybridized carbons (Fsp3) is 0.875. The normalized spacial score (nSPS) is 27.4. The summed E-state index contributed by atoms with van der Waals surface area (Å²) in [4.78, 5) is 26.5. The maximum atomic E-state index is 12.4. The molecule has 2 aliphatic rings. The number of amides is 2. The SMILES string of the molecule is CC(C)NC(=O)C1CCC(C(=O)N2CCCCC2)CC1. The summed E-state index contributed by atoms with van der Waals surface area (Å²) in [6.45, 7) is 5.85. The van der Waals surface area contributed by atoms with Crippen LogP contribution in [0.2, 0.25) is 0 Å². The molecule has 4 nitrogen and oxygen atoms in total. The number of hydrogen-bond acceptors (Lipinski definition) is 2. The third-order valence-corrected chi connectivity index (χ3v) is 4.55. The minimum Gasteiger partial charge on any atom is -0.354 e. The standard InChI is InChI=1S/C16H28N2O2/c1-12(2)17-15(19)13-6-8-14(9-7-13)16(20)18-10-4-3-5-11-18/h12-14H,3-11H2,1-2H3,(H,17,19). The Labute approximate surface area is 122 Å². The van der Waals surface area contributed by atoms with E-state index in [2.05, 4.69) is 5.32 Å². The lowest BCUT2D eigenvalue weighted by molar-refractivity contribution is -0.139. The molecule has 2 fully saturated rings. The third-order valence-electron chi connectivity index (χ3n) is 4.55. The molecule has 1 heterocycles. The first-order valence-corrected chi connectivity index (χ1v) is 8.17. The molecule has 0 spiro atoms. The maximum absolute atomic E-state index is 12.4. The molecule has 0 aromatic rings. The van der Waals surface area contributed by atoms with E-state index in [9.17, 15) is 9.59 Å². The van der Waals surface area contributed by atoms with E-state index in [4.69, 9.17) is 0 Å². The van der Waals surface area contributed by atoms with Gasteiger partial charge in [-0.05, 0) is 58.8 Å². The minimum absolute atomic E-state index is 0.114. The predicted octanol–water partition coefficient (Wildman–Crippen LogP) is 2.33. The van der Waals surface area contributed by atoms with Crippen LogP contribution in [0.5, 0.6) is 0 Å². The molecule has 114 valence electrons. The van der Waals surface area contributed by atoms with Crippen molar-refractivity contribution in [3.05, 3.63) is 0 Å². The molecule has 0 aromatic heterocycles. The lowest BCUT2D eigenvalue weighted by atomic mass is 9.80. The second-order valence-electron chi connectivity index (χ2n) is 6.60. The van der Waals surface area contributed by atoms with Gasteiger partial charge in [-0.25, -0.2) is 0 Å². The quantitative estimate of drug-likeness (QED) is 0.862. The molecule has 1 aliphatic heterocycles. The summed E-state index contributed by atoms with van der Waals surface area (Å²) in [6, 6.07) is 0.204. The fourth-order valence-electron chi connectivity index (χ4n) is 3.38. The van der Waals surface area contributed by atoms with Crippen molar-refractivity contribution >= 4 is 11.8 Å². The van der Waals surface area contributed by atoms with Crippen LogP contribution in [0.15, 0.2) is 0 Å². The molecule has 4 heteroatoms. The van der Waals surface area contributed by atoms with Crippen LogP contribution >= 0.6 is 0 Å². The van der Waals surface area contributed by atoms with Gasteiger partial charge in [0, 0.05) is 31.0 Å². The summed E-state index contributed by atoms with van der Waals surface area (Å²) in [5.41, 5.74) is 0. The second kappa shape index (κ2) is 7.09. The van der Waals surface area contributed by atoms with Gasteiger partial charge in [0.05, 0.1) is 0 Å². The van der Waals surface area contributed by atoms with E-state index in [1.165, 1.54) is 6.42 Å². The van der Waals surface area contributed by atoms with Crippen LogP contribution in [0.3, 0.4) is 0 Å². The average molecular weight is 280 g/mol. The van der Waals surface area contributed by atoms with Gasteiger partial charge in [-0.1, -0.05) is 0 Å². The van der Waals surface area contributed by atoms with Crippen LogP contribution in [0, 0.1) is 11.8 Å². The Bertz CT molecular complexity index is 340. The second-order valence-corrected chi connectivity index (χ2v) is 6.60. The summed E-state index contributed by atoms with van der Waals surface area (Å²) in [5.74, 6) is 0.787. The van der Waals surface area contributed by atoms with Crippen molar-refractivity contribution in [3.63, 3.8) is 0 Å². The number of nitrogens with one attached hydrogen (secondary N) is 1. The zero-order valence-corrected chi connectivity index (χ0v) is 12.9. The molecule has 20 heavy (non-hydrogen) atoms. The van der Waals surface area contributed by atoms with E-state index < -0.39 is 0 Å². The molecule has 0 atom stereocenters. The highest BCUT2D eigenvalue weighted by atomic mass is 16.2. The smallest absolute Gasteiger partial charge is 0.225 e. The van der Waals surface area contributed by atoms with Crippen LogP contribution in [0.4, 0.5) is 0 Å². The molecule has 0 unspecified atom stereocenters. The highest BCUT2D eigenvalue weighted by Crippen LogP contribution is 2.31. The Hall–Kier alpha value is -1.06. The molecular weight excluding hydrogens is 252 g/mol. The van der Waals surface area contributed by atoms with E-state index in [1.807, 2.05) is 18.7 Å². The molecule has 1 aliphatic carbocycles. The zero-order valence-electron chi connectivity index (χ0n) is 12.9. The number of piperidine rings is 1. The molecule has 2 rings (SSSR count). The molecule has 2 amide bonds. The molecule has 1 saturated heterocycles. The Morgan fingerprint density at radius 3 is 2.05 bits per heavy atom. The van der Waals surface area contributed by atoms with Crippen molar-refractivity contribution in [3.8, 4) is 0 Å². The first-order valence-electron chi connectivity index (χ1n) is 8.17. The number of rotatable bonds is 3. The third kappa shape index (κ3) is 3.97. The number of nitrogens with zero attached hydrogens (tertiary/aromatic N) is 1. The molecule has 0 radical (unpaired) electrons. The van der Waals surface area contributed by atoms with Crippen molar-refractivity contribution in [2.24, 2.45) is 11.8 Å². The fourth-order valence-corrected chi connectivity index (χ4v) is 3.38. The first-order chi connectivity index (χ1) is 9.58. The lowest BCUT2D eigenvalue weighted by Gasteiger charge is -2.33. The zero-order chi connectivity index (χ0) is 14.5. The summed E-state index contributed by atoms with van der Waals surface area (Å²) in [5, 5.41) is 2.99. The summed E-state index contributed by atoms with van der Waals surface area (Å²) < 4.78 is 0. The highest BCUT2D eigenvalue weighted by Gasteiger charge is 2.32. The lowest BCUT2D eigenvalue weighted by Crippen LogP contribution is -2.42. The van der Waals surface area contributed by atoms with E-state index in [1.54, 1.807) is 0 Å². The first kappa shape index (κ1) is 15.3. The topological polar surface area (TPSA) is 49.4 Å². The summed E-state index contributed by atoms with van der Waals surface area (Å²) >= 11 is 0. The van der Waals surface area contributed by atoms with Crippen molar-refractivity contribution < 1.29 is 9.59 Å². The van der Waals surface area contributed by atoms with Crippen LogP contribution in [0.25, 0.3) is 0 Å². The van der Waals surface area contributed by atoms with Gasteiger partial charge in [0.25, 0.3) is 0 Å². The summed E-state index contributed by atoms with van der Waals surface area (Å²) in [6.07, 6.45) is 7.05. The van der Waals surface area contributed by atoms with Gasteiger partial charge in [-0.3, -0.25) is 9.59 Å². The van der Waals surface area contributed by atoms with Gasteiger partial charge in [0.1, 0.15) is 0 Å². The number of hydrogen-bond donors (Lipinski definition) is 1. The van der Waals surface area contributed by atoms with E-state index in [0.717, 1.165) is 51.6 Å². The summed E-state index contributed by atoms with van der Waals surface area (Å²) in [7, 11) is 0. The number of likely N-dealkylation sites (tertiary alicyclic amines) is 1. The molecule has 1 N–H and O–H groups in total. The van der Waals surface area contributed by atoms with Crippen LogP contribution < -0.4 is 5.32 Å². The Balaban J connectivity index is 1.78. The minimum atomic E-state index is 0.114. The van der Waals surface area contributed by atoms with Gasteiger partial charge in [-0.2, -0.15) is 0 Å². The van der Waals surface area contributed by atoms with E-state index in [0.29, 0.717) is 5.91 Å². The Kier molecular flexibility index (Phi) is 5.44. The van der Waals surface area contributed by atoms with Crippen LogP contribution in [-0.2, 0) is 9.59 Å². The van der Waals surface area contributed by atoms with Gasteiger partial charge in [0.15, 0.2) is 0 Å². The van der Waals surface area contributed by atoms with Gasteiger partial charge >= 0.3 is 0 Å². The molecule has 0 aromatic carbocycles. The highest BCUT2D eigenvalue weighted by molar-refractivity contribution is 5.81. The van der Waals surface area contributed by atoms with Crippen molar-refractivity contribution in [1.82, 2.24) is 10.2 Å². The monoisotopic (exact) mass is 280 g/mol. The van der Waals surface area contributed by atoms with Gasteiger partial charge in [0.2, 0.25) is 11.8 Å². The Morgan fingerprint density at radius 2 is 1.50 bits per heavy atom. The van der Waals surface area contributed by atoms with Crippen molar-refractivity contribution in [2.75, 3.05) is 13.1 Å². The Morgan fingerprint density at radius 1 is 0.950 bits per heavy atom. The number of carbonyl (C=O) groups excluding carboxylic acids is 2. The number of carbonyl (C=O) groups is 2. The van der Waals surface area contributed by atoms with Gasteiger partial charge in [-0.15, -0.1) is 0 Å². The van der Waals surface area contributed by atoms with Gasteiger partial charge < -0.3 is 10.2 Å². The van der Waals surface area contributed by atoms with E-state index in [-0.39, 0.29) is 23.8 Å². The average Bonchev–Trinajstić information content (AvgIpc) is 2.47. The predicted molar refractivity (Wildman–Crippen MR) is 79.2 cm³/mol. The van der Waals surface area contributed by atoms with Crippen molar-refractivity contribution in [1.29, 1.82) is 0 Å². The maximum Gasteiger partial charge on any atom is 0.225 e. The van der Waals surface area contributed by atoms with Crippen LogP contribution in [-0.4, -0.2) is 35.8 Å². The van der Waals surface area contributed by atoms with Crippen molar-refractivity contribution in [2.45, 2.75) is 64.8 Å².